The van der Waals surface area contributed by atoms with Crippen LogP contribution < -0.4 is 0 Å². The lowest BCUT2D eigenvalue weighted by atomic mass is 9.67. The molecule has 3 aliphatic rings. The second-order valence-corrected chi connectivity index (χ2v) is 4.47. The highest BCUT2D eigenvalue weighted by Crippen LogP contribution is 2.56. The molecule has 1 saturated carbocycles. The zero-order valence-electron chi connectivity index (χ0n) is 7.11. The van der Waals surface area contributed by atoms with Crippen molar-refractivity contribution in [2.45, 2.75) is 25.4 Å². The third-order valence-corrected chi connectivity index (χ3v) is 3.81. The Morgan fingerprint density at radius 2 is 2.25 bits per heavy atom. The van der Waals surface area contributed by atoms with Crippen molar-refractivity contribution in [3.8, 4) is 0 Å². The van der Waals surface area contributed by atoms with E-state index in [1.54, 1.807) is 0 Å². The van der Waals surface area contributed by atoms with E-state index < -0.39 is 0 Å². The first-order valence-corrected chi connectivity index (χ1v) is 4.85. The van der Waals surface area contributed by atoms with Crippen molar-refractivity contribution in [1.82, 2.24) is 0 Å². The van der Waals surface area contributed by atoms with Gasteiger partial charge in [-0.1, -0.05) is 24.3 Å². The van der Waals surface area contributed by atoms with Crippen LogP contribution in [-0.4, -0.2) is 11.2 Å². The Morgan fingerprint density at radius 3 is 3.17 bits per heavy atom. The maximum atomic E-state index is 9.66. The standard InChI is InChI=1S/C11H14O/c12-9-6-8-3-5-11(7-9)4-1-2-10(8)11/h1,3-5,8-10,12H,2,6-7H2/t8-,9+,10?,11-/m1/s1. The van der Waals surface area contributed by atoms with Crippen LogP contribution in [0.5, 0.6) is 0 Å². The largest absolute Gasteiger partial charge is 0.393 e. The lowest BCUT2D eigenvalue weighted by Crippen LogP contribution is -2.35. The zero-order chi connectivity index (χ0) is 8.18. The van der Waals surface area contributed by atoms with Crippen molar-refractivity contribution in [3.05, 3.63) is 24.3 Å². The molecule has 1 nitrogen and oxygen atoms in total. The Bertz CT molecular complexity index is 266. The molecule has 0 aliphatic heterocycles. The van der Waals surface area contributed by atoms with Crippen LogP contribution in [0.15, 0.2) is 24.3 Å². The van der Waals surface area contributed by atoms with Crippen LogP contribution in [0.25, 0.3) is 0 Å². The van der Waals surface area contributed by atoms with Crippen LogP contribution in [0.1, 0.15) is 19.3 Å². The molecule has 0 aromatic carbocycles. The minimum atomic E-state index is -0.0657. The summed E-state index contributed by atoms with van der Waals surface area (Å²) in [6.07, 6.45) is 12.4. The second kappa shape index (κ2) is 2.02. The van der Waals surface area contributed by atoms with Crippen LogP contribution in [0.4, 0.5) is 0 Å². The van der Waals surface area contributed by atoms with E-state index in [0.717, 1.165) is 18.8 Å². The minimum Gasteiger partial charge on any atom is -0.393 e. The smallest absolute Gasteiger partial charge is 0.0557 e. The molecular weight excluding hydrogens is 148 g/mol. The molecule has 0 radical (unpaired) electrons. The van der Waals surface area contributed by atoms with Gasteiger partial charge in [0, 0.05) is 5.41 Å². The van der Waals surface area contributed by atoms with Gasteiger partial charge in [-0.15, -0.1) is 0 Å². The maximum Gasteiger partial charge on any atom is 0.0557 e. The quantitative estimate of drug-likeness (QED) is 0.539. The average Bonchev–Trinajstić information content (AvgIpc) is 2.48. The van der Waals surface area contributed by atoms with Crippen molar-refractivity contribution in [3.63, 3.8) is 0 Å². The molecule has 0 heterocycles. The third-order valence-electron chi connectivity index (χ3n) is 3.81. The van der Waals surface area contributed by atoms with Gasteiger partial charge in [0.25, 0.3) is 0 Å². The lowest BCUT2D eigenvalue weighted by molar-refractivity contribution is 0.0472. The Balaban J connectivity index is 2.03. The van der Waals surface area contributed by atoms with Gasteiger partial charge in [0.2, 0.25) is 0 Å². The van der Waals surface area contributed by atoms with Crippen molar-refractivity contribution < 1.29 is 5.11 Å². The maximum absolute atomic E-state index is 9.66. The van der Waals surface area contributed by atoms with Crippen LogP contribution >= 0.6 is 0 Å². The van der Waals surface area contributed by atoms with Gasteiger partial charge in [-0.05, 0) is 31.1 Å². The van der Waals surface area contributed by atoms with Gasteiger partial charge >= 0.3 is 0 Å². The number of hydrogen-bond acceptors (Lipinski definition) is 1. The zero-order valence-corrected chi connectivity index (χ0v) is 7.11. The Hall–Kier alpha value is -0.560. The molecule has 4 atom stereocenters. The van der Waals surface area contributed by atoms with E-state index in [4.69, 9.17) is 0 Å². The fourth-order valence-electron chi connectivity index (χ4n) is 3.30. The van der Waals surface area contributed by atoms with Crippen LogP contribution in [-0.2, 0) is 0 Å². The van der Waals surface area contributed by atoms with E-state index in [9.17, 15) is 5.11 Å². The highest BCUT2D eigenvalue weighted by Gasteiger charge is 2.49. The monoisotopic (exact) mass is 162 g/mol. The van der Waals surface area contributed by atoms with Gasteiger partial charge in [-0.2, -0.15) is 0 Å². The van der Waals surface area contributed by atoms with E-state index >= 15 is 0 Å². The fraction of sp³-hybridized carbons (Fsp3) is 0.636. The molecule has 2 bridgehead atoms. The molecule has 1 fully saturated rings. The number of allylic oxidation sites excluding steroid dienone is 4. The summed E-state index contributed by atoms with van der Waals surface area (Å²) in [5, 5.41) is 9.66. The molecule has 0 aromatic heterocycles. The normalized spacial score (nSPS) is 54.6. The van der Waals surface area contributed by atoms with Crippen molar-refractivity contribution >= 4 is 0 Å². The topological polar surface area (TPSA) is 20.2 Å². The van der Waals surface area contributed by atoms with Gasteiger partial charge in [0.05, 0.1) is 6.10 Å². The van der Waals surface area contributed by atoms with Gasteiger partial charge in [-0.3, -0.25) is 0 Å². The molecule has 64 valence electrons. The van der Waals surface area contributed by atoms with Gasteiger partial charge in [0.1, 0.15) is 0 Å². The van der Waals surface area contributed by atoms with Crippen molar-refractivity contribution in [1.29, 1.82) is 0 Å². The summed E-state index contributed by atoms with van der Waals surface area (Å²) in [4.78, 5) is 0. The number of aliphatic hydroxyl groups is 1. The first-order valence-electron chi connectivity index (χ1n) is 4.85. The average molecular weight is 162 g/mol. The van der Waals surface area contributed by atoms with E-state index in [1.807, 2.05) is 0 Å². The summed E-state index contributed by atoms with van der Waals surface area (Å²) in [5.41, 5.74) is 0.266. The van der Waals surface area contributed by atoms with Crippen molar-refractivity contribution in [2.75, 3.05) is 0 Å². The van der Waals surface area contributed by atoms with Gasteiger partial charge in [0.15, 0.2) is 0 Å². The van der Waals surface area contributed by atoms with E-state index in [2.05, 4.69) is 24.3 Å². The van der Waals surface area contributed by atoms with E-state index in [0.29, 0.717) is 5.92 Å². The number of hydrogen-bond donors (Lipinski definition) is 1. The van der Waals surface area contributed by atoms with E-state index in [1.165, 1.54) is 6.42 Å². The molecule has 12 heavy (non-hydrogen) atoms. The predicted molar refractivity (Wildman–Crippen MR) is 47.6 cm³/mol. The summed E-state index contributed by atoms with van der Waals surface area (Å²) in [6, 6.07) is 0. The molecule has 3 aliphatic carbocycles. The molecule has 1 heteroatoms. The fourth-order valence-corrected chi connectivity index (χ4v) is 3.30. The van der Waals surface area contributed by atoms with Gasteiger partial charge in [-0.25, -0.2) is 0 Å². The first kappa shape index (κ1) is 6.90. The third kappa shape index (κ3) is 0.680. The van der Waals surface area contributed by atoms with Crippen molar-refractivity contribution in [2.24, 2.45) is 17.3 Å². The molecule has 0 saturated heterocycles. The molecule has 0 amide bonds. The molecule has 0 spiro atoms. The Kier molecular flexibility index (Phi) is 1.16. The summed E-state index contributed by atoms with van der Waals surface area (Å²) in [5.74, 6) is 1.45. The van der Waals surface area contributed by atoms with Crippen LogP contribution in [0, 0.1) is 17.3 Å². The molecule has 1 N–H and O–H groups in total. The Morgan fingerprint density at radius 1 is 1.33 bits per heavy atom. The summed E-state index contributed by atoms with van der Waals surface area (Å²) in [7, 11) is 0. The lowest BCUT2D eigenvalue weighted by Gasteiger charge is -2.38. The number of aliphatic hydroxyl groups excluding tert-OH is 1. The predicted octanol–water partition coefficient (Wildman–Crippen LogP) is 1.89. The molecule has 1 unspecified atom stereocenters. The van der Waals surface area contributed by atoms with Crippen LogP contribution in [0.2, 0.25) is 0 Å². The first-order chi connectivity index (χ1) is 5.80. The second-order valence-electron chi connectivity index (χ2n) is 4.47. The van der Waals surface area contributed by atoms with Crippen LogP contribution in [0.3, 0.4) is 0 Å². The molecular formula is C11H14O. The summed E-state index contributed by atoms with van der Waals surface area (Å²) in [6.45, 7) is 0. The van der Waals surface area contributed by atoms with Gasteiger partial charge < -0.3 is 5.11 Å². The number of rotatable bonds is 0. The highest BCUT2D eigenvalue weighted by atomic mass is 16.3. The SMILES string of the molecule is O[C@H]1C[C@H]2C=C[C@]3(C=CCC23)C1. The molecule has 3 rings (SSSR count). The summed E-state index contributed by atoms with van der Waals surface area (Å²) < 4.78 is 0. The Labute approximate surface area is 72.8 Å². The molecule has 0 aromatic rings. The minimum absolute atomic E-state index is 0.0657. The van der Waals surface area contributed by atoms with E-state index in [-0.39, 0.29) is 11.5 Å². The summed E-state index contributed by atoms with van der Waals surface area (Å²) >= 11 is 0. The highest BCUT2D eigenvalue weighted by molar-refractivity contribution is 5.29.